The van der Waals surface area contributed by atoms with E-state index < -0.39 is 13.0 Å². The molecule has 1 rings (SSSR count). The number of hydrogen-bond acceptors (Lipinski definition) is 2. The van der Waals surface area contributed by atoms with Gasteiger partial charge in [0.25, 0.3) is 6.43 Å². The van der Waals surface area contributed by atoms with E-state index in [2.05, 4.69) is 20.9 Å². The SMILES string of the molecule is OCc1nccc(CBr)c1C(F)F. The van der Waals surface area contributed by atoms with Gasteiger partial charge >= 0.3 is 0 Å². The molecule has 72 valence electrons. The molecule has 0 aliphatic rings. The Labute approximate surface area is 82.7 Å². The fourth-order valence-electron chi connectivity index (χ4n) is 1.07. The number of aliphatic hydroxyl groups is 1. The third-order valence-corrected chi connectivity index (χ3v) is 2.28. The second kappa shape index (κ2) is 4.62. The summed E-state index contributed by atoms with van der Waals surface area (Å²) in [6.45, 7) is -0.458. The molecule has 0 saturated carbocycles. The predicted molar refractivity (Wildman–Crippen MR) is 47.7 cm³/mol. The highest BCUT2D eigenvalue weighted by Crippen LogP contribution is 2.26. The van der Waals surface area contributed by atoms with Crippen LogP contribution < -0.4 is 0 Å². The first-order chi connectivity index (χ1) is 6.20. The minimum Gasteiger partial charge on any atom is -0.390 e. The van der Waals surface area contributed by atoms with E-state index in [0.29, 0.717) is 10.9 Å². The summed E-state index contributed by atoms with van der Waals surface area (Å²) in [5.74, 6) is 0. The fourth-order valence-corrected chi connectivity index (χ4v) is 1.56. The average molecular weight is 252 g/mol. The van der Waals surface area contributed by atoms with Gasteiger partial charge in [-0.15, -0.1) is 0 Å². The molecule has 5 heteroatoms. The predicted octanol–water partition coefficient (Wildman–Crippen LogP) is 2.41. The summed E-state index contributed by atoms with van der Waals surface area (Å²) in [4.78, 5) is 3.68. The van der Waals surface area contributed by atoms with Crippen LogP contribution in [0.3, 0.4) is 0 Å². The fraction of sp³-hybridized carbons (Fsp3) is 0.375. The van der Waals surface area contributed by atoms with Gasteiger partial charge in [-0.25, -0.2) is 8.78 Å². The Morgan fingerprint density at radius 1 is 1.54 bits per heavy atom. The molecule has 1 N–H and O–H groups in total. The van der Waals surface area contributed by atoms with E-state index in [9.17, 15) is 8.78 Å². The molecule has 0 saturated heterocycles. The van der Waals surface area contributed by atoms with Gasteiger partial charge in [-0.3, -0.25) is 4.98 Å². The van der Waals surface area contributed by atoms with E-state index in [0.717, 1.165) is 0 Å². The second-order valence-corrected chi connectivity index (χ2v) is 2.98. The molecule has 1 aromatic rings. The molecule has 0 spiro atoms. The number of halogens is 3. The number of nitrogens with zero attached hydrogens (tertiary/aromatic N) is 1. The smallest absolute Gasteiger partial charge is 0.265 e. The molecule has 0 unspecified atom stereocenters. The molecule has 0 bridgehead atoms. The molecular formula is C8H8BrF2NO. The van der Waals surface area contributed by atoms with E-state index in [4.69, 9.17) is 5.11 Å². The molecule has 2 nitrogen and oxygen atoms in total. The van der Waals surface area contributed by atoms with E-state index in [1.54, 1.807) is 0 Å². The molecule has 1 heterocycles. The van der Waals surface area contributed by atoms with Crippen molar-refractivity contribution in [3.8, 4) is 0 Å². The summed E-state index contributed by atoms with van der Waals surface area (Å²) in [7, 11) is 0. The molecule has 0 atom stereocenters. The van der Waals surface area contributed by atoms with Crippen LogP contribution in [-0.4, -0.2) is 10.1 Å². The van der Waals surface area contributed by atoms with Crippen LogP contribution in [0.4, 0.5) is 8.78 Å². The normalized spacial score (nSPS) is 10.8. The van der Waals surface area contributed by atoms with Crippen molar-refractivity contribution in [3.05, 3.63) is 29.1 Å². The van der Waals surface area contributed by atoms with Crippen LogP contribution in [0.25, 0.3) is 0 Å². The lowest BCUT2D eigenvalue weighted by Gasteiger charge is -2.09. The number of aliphatic hydroxyl groups excluding tert-OH is 1. The number of pyridine rings is 1. The molecule has 0 fully saturated rings. The van der Waals surface area contributed by atoms with Crippen molar-refractivity contribution >= 4 is 15.9 Å². The number of rotatable bonds is 3. The topological polar surface area (TPSA) is 33.1 Å². The van der Waals surface area contributed by atoms with Crippen molar-refractivity contribution in [1.29, 1.82) is 0 Å². The Kier molecular flexibility index (Phi) is 3.74. The zero-order valence-corrected chi connectivity index (χ0v) is 8.26. The van der Waals surface area contributed by atoms with Gasteiger partial charge in [0.1, 0.15) is 0 Å². The van der Waals surface area contributed by atoms with E-state index >= 15 is 0 Å². The van der Waals surface area contributed by atoms with Crippen molar-refractivity contribution in [1.82, 2.24) is 4.98 Å². The van der Waals surface area contributed by atoms with Crippen molar-refractivity contribution in [2.75, 3.05) is 0 Å². The average Bonchev–Trinajstić information content (AvgIpc) is 2.16. The van der Waals surface area contributed by atoms with E-state index in [1.165, 1.54) is 12.3 Å². The summed E-state index contributed by atoms with van der Waals surface area (Å²) >= 11 is 3.10. The van der Waals surface area contributed by atoms with E-state index in [1.807, 2.05) is 0 Å². The molecule has 13 heavy (non-hydrogen) atoms. The molecule has 0 aliphatic carbocycles. The maximum atomic E-state index is 12.5. The quantitative estimate of drug-likeness (QED) is 0.838. The van der Waals surface area contributed by atoms with Gasteiger partial charge in [-0.1, -0.05) is 15.9 Å². The van der Waals surface area contributed by atoms with Crippen LogP contribution in [0.5, 0.6) is 0 Å². The van der Waals surface area contributed by atoms with Gasteiger partial charge < -0.3 is 5.11 Å². The maximum absolute atomic E-state index is 12.5. The number of aromatic nitrogens is 1. The highest BCUT2D eigenvalue weighted by molar-refractivity contribution is 9.08. The molecule has 1 aromatic heterocycles. The van der Waals surface area contributed by atoms with Gasteiger partial charge in [0.15, 0.2) is 0 Å². The van der Waals surface area contributed by atoms with Gasteiger partial charge in [0.05, 0.1) is 12.3 Å². The van der Waals surface area contributed by atoms with Crippen molar-refractivity contribution in [3.63, 3.8) is 0 Å². The third-order valence-electron chi connectivity index (χ3n) is 1.67. The first-order valence-electron chi connectivity index (χ1n) is 3.62. The number of hydrogen-bond donors (Lipinski definition) is 1. The van der Waals surface area contributed by atoms with Crippen LogP contribution in [0.2, 0.25) is 0 Å². The highest BCUT2D eigenvalue weighted by atomic mass is 79.9. The minimum absolute atomic E-state index is 0.0481. The Balaban J connectivity index is 3.21. The van der Waals surface area contributed by atoms with Crippen LogP contribution >= 0.6 is 15.9 Å². The Morgan fingerprint density at radius 3 is 2.69 bits per heavy atom. The summed E-state index contributed by atoms with van der Waals surface area (Å²) in [6, 6.07) is 1.51. The molecule has 0 amide bonds. The molecule has 0 aliphatic heterocycles. The van der Waals surface area contributed by atoms with Crippen LogP contribution in [-0.2, 0) is 11.9 Å². The Bertz CT molecular complexity index is 271. The largest absolute Gasteiger partial charge is 0.390 e. The lowest BCUT2D eigenvalue weighted by Crippen LogP contribution is -2.02. The molecule has 0 aromatic carbocycles. The van der Waals surface area contributed by atoms with Crippen LogP contribution in [0.15, 0.2) is 12.3 Å². The van der Waals surface area contributed by atoms with Crippen LogP contribution in [0.1, 0.15) is 23.2 Å². The first-order valence-corrected chi connectivity index (χ1v) is 4.74. The summed E-state index contributed by atoms with van der Waals surface area (Å²) < 4.78 is 25.0. The highest BCUT2D eigenvalue weighted by Gasteiger charge is 2.17. The third kappa shape index (κ3) is 2.22. The van der Waals surface area contributed by atoms with E-state index in [-0.39, 0.29) is 11.3 Å². The zero-order valence-electron chi connectivity index (χ0n) is 6.67. The minimum atomic E-state index is -2.59. The van der Waals surface area contributed by atoms with Gasteiger partial charge in [0.2, 0.25) is 0 Å². The van der Waals surface area contributed by atoms with Crippen molar-refractivity contribution in [2.24, 2.45) is 0 Å². The van der Waals surface area contributed by atoms with Crippen molar-refractivity contribution < 1.29 is 13.9 Å². The summed E-state index contributed by atoms with van der Waals surface area (Å²) in [5, 5.41) is 9.11. The van der Waals surface area contributed by atoms with Gasteiger partial charge in [0, 0.05) is 17.1 Å². The lowest BCUT2D eigenvalue weighted by molar-refractivity contribution is 0.145. The molecular weight excluding hydrogens is 244 g/mol. The Morgan fingerprint density at radius 2 is 2.23 bits per heavy atom. The van der Waals surface area contributed by atoms with Crippen LogP contribution in [0, 0.1) is 0 Å². The summed E-state index contributed by atoms with van der Waals surface area (Å²) in [6.07, 6.45) is -1.18. The maximum Gasteiger partial charge on any atom is 0.265 e. The van der Waals surface area contributed by atoms with Gasteiger partial charge in [-0.2, -0.15) is 0 Å². The Hall–Kier alpha value is -0.550. The monoisotopic (exact) mass is 251 g/mol. The lowest BCUT2D eigenvalue weighted by atomic mass is 10.1. The number of alkyl halides is 3. The molecule has 0 radical (unpaired) electrons. The summed E-state index contributed by atoms with van der Waals surface area (Å²) in [5.41, 5.74) is 0.350. The second-order valence-electron chi connectivity index (χ2n) is 2.42. The first kappa shape index (κ1) is 10.5. The standard InChI is InChI=1S/C8H8BrF2NO/c9-3-5-1-2-12-6(4-13)7(5)8(10)11/h1-2,8,13H,3-4H2. The zero-order chi connectivity index (χ0) is 9.84. The van der Waals surface area contributed by atoms with Crippen molar-refractivity contribution in [2.45, 2.75) is 18.4 Å². The van der Waals surface area contributed by atoms with Gasteiger partial charge in [-0.05, 0) is 11.6 Å².